The van der Waals surface area contributed by atoms with E-state index in [1.54, 1.807) is 7.11 Å². The van der Waals surface area contributed by atoms with Crippen LogP contribution in [0.4, 0.5) is 0 Å². The van der Waals surface area contributed by atoms with Gasteiger partial charge in [0.2, 0.25) is 0 Å². The molecule has 0 aromatic carbocycles. The van der Waals surface area contributed by atoms with Gasteiger partial charge < -0.3 is 15.2 Å². The standard InChI is InChI=1S/C16H31NO2/c1-15(2,18-3)10-11-19-14-12-13(17)16(14)8-6-4-5-7-9-16/h13-14H,4-12,17H2,1-3H3. The van der Waals surface area contributed by atoms with E-state index in [0.717, 1.165) is 19.4 Å². The van der Waals surface area contributed by atoms with Crippen LogP contribution < -0.4 is 5.73 Å². The van der Waals surface area contributed by atoms with Crippen LogP contribution in [0.3, 0.4) is 0 Å². The Morgan fingerprint density at radius 3 is 2.32 bits per heavy atom. The molecule has 2 saturated carbocycles. The fraction of sp³-hybridized carbons (Fsp3) is 1.00. The third kappa shape index (κ3) is 3.32. The van der Waals surface area contributed by atoms with Crippen molar-refractivity contribution >= 4 is 0 Å². The van der Waals surface area contributed by atoms with Crippen molar-refractivity contribution < 1.29 is 9.47 Å². The average Bonchev–Trinajstić information content (AvgIpc) is 2.65. The molecule has 0 aliphatic heterocycles. The van der Waals surface area contributed by atoms with Gasteiger partial charge in [0.05, 0.1) is 11.7 Å². The predicted octanol–water partition coefficient (Wildman–Crippen LogP) is 3.26. The molecular weight excluding hydrogens is 238 g/mol. The van der Waals surface area contributed by atoms with Gasteiger partial charge in [-0.2, -0.15) is 0 Å². The number of rotatable bonds is 5. The Labute approximate surface area is 118 Å². The van der Waals surface area contributed by atoms with Gasteiger partial charge in [0, 0.05) is 25.2 Å². The monoisotopic (exact) mass is 269 g/mol. The quantitative estimate of drug-likeness (QED) is 0.833. The highest BCUT2D eigenvalue weighted by Gasteiger charge is 2.53. The number of methoxy groups -OCH3 is 1. The summed E-state index contributed by atoms with van der Waals surface area (Å²) in [5.41, 5.74) is 6.55. The van der Waals surface area contributed by atoms with Gasteiger partial charge in [-0.25, -0.2) is 0 Å². The molecule has 0 heterocycles. The van der Waals surface area contributed by atoms with Crippen molar-refractivity contribution in [2.24, 2.45) is 11.1 Å². The van der Waals surface area contributed by atoms with E-state index in [1.807, 2.05) is 0 Å². The fourth-order valence-electron chi connectivity index (χ4n) is 3.64. The molecule has 3 nitrogen and oxygen atoms in total. The van der Waals surface area contributed by atoms with Gasteiger partial charge in [-0.3, -0.25) is 0 Å². The van der Waals surface area contributed by atoms with Crippen LogP contribution >= 0.6 is 0 Å². The summed E-state index contributed by atoms with van der Waals surface area (Å²) < 4.78 is 11.6. The Balaban J connectivity index is 1.83. The molecule has 2 unspecified atom stereocenters. The maximum atomic E-state index is 6.33. The summed E-state index contributed by atoms with van der Waals surface area (Å²) in [6.45, 7) is 5.02. The van der Waals surface area contributed by atoms with E-state index in [1.165, 1.54) is 38.5 Å². The molecule has 3 heteroatoms. The minimum absolute atomic E-state index is 0.0809. The zero-order valence-electron chi connectivity index (χ0n) is 12.9. The predicted molar refractivity (Wildman–Crippen MR) is 78.2 cm³/mol. The van der Waals surface area contributed by atoms with Crippen LogP contribution in [0.15, 0.2) is 0 Å². The van der Waals surface area contributed by atoms with Crippen molar-refractivity contribution in [3.8, 4) is 0 Å². The summed E-state index contributed by atoms with van der Waals surface area (Å²) in [6.07, 6.45) is 10.3. The third-order valence-electron chi connectivity index (χ3n) is 5.46. The number of nitrogens with two attached hydrogens (primary N) is 1. The van der Waals surface area contributed by atoms with Crippen molar-refractivity contribution in [3.63, 3.8) is 0 Å². The van der Waals surface area contributed by atoms with Crippen LogP contribution in [0.5, 0.6) is 0 Å². The molecule has 0 bridgehead atoms. The van der Waals surface area contributed by atoms with Gasteiger partial charge >= 0.3 is 0 Å². The molecule has 19 heavy (non-hydrogen) atoms. The second-order valence-corrected chi connectivity index (χ2v) is 7.06. The molecule has 2 aliphatic carbocycles. The molecule has 2 N–H and O–H groups in total. The summed E-state index contributed by atoms with van der Waals surface area (Å²) >= 11 is 0. The Bertz CT molecular complexity index is 282. The summed E-state index contributed by atoms with van der Waals surface area (Å²) in [6, 6.07) is 0.367. The van der Waals surface area contributed by atoms with Gasteiger partial charge in [-0.15, -0.1) is 0 Å². The molecule has 0 aromatic heterocycles. The van der Waals surface area contributed by atoms with E-state index in [4.69, 9.17) is 15.2 Å². The second kappa shape index (κ2) is 6.11. The third-order valence-corrected chi connectivity index (χ3v) is 5.46. The zero-order chi connectivity index (χ0) is 13.9. The van der Waals surface area contributed by atoms with Crippen LogP contribution in [0.2, 0.25) is 0 Å². The first-order chi connectivity index (χ1) is 9.00. The van der Waals surface area contributed by atoms with E-state index >= 15 is 0 Å². The largest absolute Gasteiger partial charge is 0.379 e. The Hall–Kier alpha value is -0.120. The molecule has 1 spiro atoms. The fourth-order valence-corrected chi connectivity index (χ4v) is 3.64. The Morgan fingerprint density at radius 1 is 1.16 bits per heavy atom. The molecule has 0 aromatic rings. The molecule has 112 valence electrons. The normalized spacial score (nSPS) is 30.9. The Morgan fingerprint density at radius 2 is 1.79 bits per heavy atom. The van der Waals surface area contributed by atoms with Gasteiger partial charge in [-0.1, -0.05) is 25.7 Å². The van der Waals surface area contributed by atoms with Crippen molar-refractivity contribution in [2.45, 2.75) is 83.0 Å². The van der Waals surface area contributed by atoms with Crippen LogP contribution in [0, 0.1) is 5.41 Å². The van der Waals surface area contributed by atoms with Crippen LogP contribution in [-0.4, -0.2) is 31.5 Å². The van der Waals surface area contributed by atoms with E-state index in [2.05, 4.69) is 13.8 Å². The van der Waals surface area contributed by atoms with E-state index in [9.17, 15) is 0 Å². The van der Waals surface area contributed by atoms with Crippen molar-refractivity contribution in [3.05, 3.63) is 0 Å². The molecule has 0 radical (unpaired) electrons. The first kappa shape index (κ1) is 15.3. The lowest BCUT2D eigenvalue weighted by molar-refractivity contribution is -0.143. The minimum atomic E-state index is -0.0809. The maximum Gasteiger partial charge on any atom is 0.0661 e. The SMILES string of the molecule is COC(C)(C)CCOC1CC(N)C12CCCCCC2. The number of hydrogen-bond acceptors (Lipinski definition) is 3. The van der Waals surface area contributed by atoms with Crippen molar-refractivity contribution in [2.75, 3.05) is 13.7 Å². The van der Waals surface area contributed by atoms with E-state index in [0.29, 0.717) is 17.6 Å². The maximum absolute atomic E-state index is 6.33. The summed E-state index contributed by atoms with van der Waals surface area (Å²) in [5.74, 6) is 0. The summed E-state index contributed by atoms with van der Waals surface area (Å²) in [4.78, 5) is 0. The van der Waals surface area contributed by atoms with Gasteiger partial charge in [0.15, 0.2) is 0 Å². The van der Waals surface area contributed by atoms with Crippen LogP contribution in [0.25, 0.3) is 0 Å². The first-order valence-electron chi connectivity index (χ1n) is 7.92. The Kier molecular flexibility index (Phi) is 4.91. The highest BCUT2D eigenvalue weighted by atomic mass is 16.5. The first-order valence-corrected chi connectivity index (χ1v) is 7.92. The van der Waals surface area contributed by atoms with Gasteiger partial charge in [-0.05, 0) is 39.5 Å². The molecule has 2 fully saturated rings. The van der Waals surface area contributed by atoms with Crippen LogP contribution in [0.1, 0.15) is 65.2 Å². The zero-order valence-corrected chi connectivity index (χ0v) is 12.9. The summed E-state index contributed by atoms with van der Waals surface area (Å²) in [7, 11) is 1.77. The molecule has 2 rings (SSSR count). The molecule has 2 aliphatic rings. The number of ether oxygens (including phenoxy) is 2. The second-order valence-electron chi connectivity index (χ2n) is 7.06. The molecule has 2 atom stereocenters. The van der Waals surface area contributed by atoms with Crippen molar-refractivity contribution in [1.29, 1.82) is 0 Å². The topological polar surface area (TPSA) is 44.5 Å². The van der Waals surface area contributed by atoms with Gasteiger partial charge in [0.1, 0.15) is 0 Å². The van der Waals surface area contributed by atoms with E-state index in [-0.39, 0.29) is 5.60 Å². The molecule has 0 saturated heterocycles. The summed E-state index contributed by atoms with van der Waals surface area (Å²) in [5, 5.41) is 0. The lowest BCUT2D eigenvalue weighted by Crippen LogP contribution is -2.62. The van der Waals surface area contributed by atoms with Gasteiger partial charge in [0.25, 0.3) is 0 Å². The lowest BCUT2D eigenvalue weighted by atomic mass is 9.58. The lowest BCUT2D eigenvalue weighted by Gasteiger charge is -2.54. The molecular formula is C16H31NO2. The smallest absolute Gasteiger partial charge is 0.0661 e. The average molecular weight is 269 g/mol. The minimum Gasteiger partial charge on any atom is -0.379 e. The highest BCUT2D eigenvalue weighted by Crippen LogP contribution is 2.51. The number of hydrogen-bond donors (Lipinski definition) is 1. The van der Waals surface area contributed by atoms with Crippen LogP contribution in [-0.2, 0) is 9.47 Å². The van der Waals surface area contributed by atoms with E-state index < -0.39 is 0 Å². The van der Waals surface area contributed by atoms with Crippen molar-refractivity contribution in [1.82, 2.24) is 0 Å². The highest BCUT2D eigenvalue weighted by molar-refractivity contribution is 5.07. The molecule has 0 amide bonds.